The minimum absolute atomic E-state index is 0.0809. The molecule has 1 aliphatic rings. The van der Waals surface area contributed by atoms with E-state index in [9.17, 15) is 14.0 Å². The summed E-state index contributed by atoms with van der Waals surface area (Å²) in [7, 11) is 1.53. The molecule has 0 radical (unpaired) electrons. The van der Waals surface area contributed by atoms with Crippen molar-refractivity contribution in [2.75, 3.05) is 23.9 Å². The topological polar surface area (TPSA) is 67.9 Å². The minimum Gasteiger partial charge on any atom is -0.495 e. The number of nitrogens with one attached hydrogen (secondary N) is 1. The van der Waals surface area contributed by atoms with Gasteiger partial charge in [0.25, 0.3) is 11.8 Å². The largest absolute Gasteiger partial charge is 0.495 e. The van der Waals surface area contributed by atoms with Crippen LogP contribution in [0.2, 0.25) is 0 Å². The summed E-state index contributed by atoms with van der Waals surface area (Å²) in [6.45, 7) is 4.30. The van der Waals surface area contributed by atoms with Crippen LogP contribution < -0.4 is 19.7 Å². The Morgan fingerprint density at radius 1 is 0.970 bits per heavy atom. The first kappa shape index (κ1) is 22.1. The van der Waals surface area contributed by atoms with Gasteiger partial charge in [-0.15, -0.1) is 0 Å². The highest BCUT2D eigenvalue weighted by molar-refractivity contribution is 6.46. The van der Waals surface area contributed by atoms with E-state index in [1.54, 1.807) is 30.3 Å². The van der Waals surface area contributed by atoms with Gasteiger partial charge in [-0.05, 0) is 67.4 Å². The number of nitrogens with zero attached hydrogens (tertiary/aromatic N) is 1. The third-order valence-electron chi connectivity index (χ3n) is 5.22. The molecule has 33 heavy (non-hydrogen) atoms. The molecule has 1 N–H and O–H groups in total. The van der Waals surface area contributed by atoms with E-state index in [1.165, 1.54) is 25.3 Å². The zero-order chi connectivity index (χ0) is 23.5. The lowest BCUT2D eigenvalue weighted by molar-refractivity contribution is -0.120. The lowest BCUT2D eigenvalue weighted by Crippen LogP contribution is -2.32. The van der Waals surface area contributed by atoms with Crippen molar-refractivity contribution in [3.63, 3.8) is 0 Å². The number of hydrogen-bond donors (Lipinski definition) is 1. The van der Waals surface area contributed by atoms with Crippen molar-refractivity contribution in [3.8, 4) is 11.5 Å². The van der Waals surface area contributed by atoms with Crippen LogP contribution in [-0.2, 0) is 9.59 Å². The van der Waals surface area contributed by atoms with Crippen LogP contribution in [0.3, 0.4) is 0 Å². The van der Waals surface area contributed by atoms with E-state index >= 15 is 0 Å². The number of halogens is 1. The highest BCUT2D eigenvalue weighted by Gasteiger charge is 2.40. The van der Waals surface area contributed by atoms with Crippen molar-refractivity contribution in [3.05, 3.63) is 89.4 Å². The first-order valence-electron chi connectivity index (χ1n) is 10.5. The standard InChI is InChI=1S/C26H23FN2O4/c1-4-33-20-11-9-17(10-12-20)23-24(28-21-14-16(2)8-13-22(21)32-3)26(31)29(25(23)30)19-7-5-6-18(27)15-19/h5-15,28H,4H2,1-3H3. The number of benzene rings is 3. The zero-order valence-electron chi connectivity index (χ0n) is 18.5. The van der Waals surface area contributed by atoms with Crippen LogP contribution in [0.1, 0.15) is 18.1 Å². The number of imide groups is 1. The Hall–Kier alpha value is -4.13. The fourth-order valence-electron chi connectivity index (χ4n) is 3.70. The molecule has 0 saturated heterocycles. The molecule has 1 aliphatic heterocycles. The van der Waals surface area contributed by atoms with Gasteiger partial charge < -0.3 is 14.8 Å². The average Bonchev–Trinajstić information content (AvgIpc) is 3.04. The van der Waals surface area contributed by atoms with Crippen LogP contribution in [-0.4, -0.2) is 25.5 Å². The van der Waals surface area contributed by atoms with Gasteiger partial charge in [-0.25, -0.2) is 9.29 Å². The van der Waals surface area contributed by atoms with Crippen LogP contribution in [0.25, 0.3) is 5.57 Å². The number of carbonyl (C=O) groups is 2. The molecular weight excluding hydrogens is 423 g/mol. The van der Waals surface area contributed by atoms with Crippen molar-refractivity contribution in [1.29, 1.82) is 0 Å². The quantitative estimate of drug-likeness (QED) is 0.521. The maximum atomic E-state index is 13.9. The smallest absolute Gasteiger partial charge is 0.282 e. The number of rotatable bonds is 7. The van der Waals surface area contributed by atoms with Gasteiger partial charge in [0.05, 0.1) is 30.7 Å². The van der Waals surface area contributed by atoms with Gasteiger partial charge in [0.2, 0.25) is 0 Å². The molecule has 0 atom stereocenters. The van der Waals surface area contributed by atoms with Gasteiger partial charge in [0, 0.05) is 0 Å². The molecular formula is C26H23FN2O4. The number of ether oxygens (including phenoxy) is 2. The summed E-state index contributed by atoms with van der Waals surface area (Å²) in [4.78, 5) is 27.9. The number of hydrogen-bond acceptors (Lipinski definition) is 5. The predicted molar refractivity (Wildman–Crippen MR) is 125 cm³/mol. The Balaban J connectivity index is 1.83. The molecule has 2 amide bonds. The first-order valence-corrected chi connectivity index (χ1v) is 10.5. The molecule has 7 heteroatoms. The lowest BCUT2D eigenvalue weighted by atomic mass is 10.0. The Labute approximate surface area is 191 Å². The fraction of sp³-hybridized carbons (Fsp3) is 0.154. The average molecular weight is 446 g/mol. The molecule has 0 saturated carbocycles. The monoisotopic (exact) mass is 446 g/mol. The summed E-state index contributed by atoms with van der Waals surface area (Å²) in [5.74, 6) is -0.515. The van der Waals surface area contributed by atoms with Crippen LogP contribution in [0.15, 0.2) is 72.4 Å². The van der Waals surface area contributed by atoms with Crippen molar-refractivity contribution < 1.29 is 23.5 Å². The van der Waals surface area contributed by atoms with E-state index in [0.29, 0.717) is 29.4 Å². The molecule has 4 rings (SSSR count). The highest BCUT2D eigenvalue weighted by atomic mass is 19.1. The van der Waals surface area contributed by atoms with Gasteiger partial charge in [-0.3, -0.25) is 9.59 Å². The number of amides is 2. The summed E-state index contributed by atoms with van der Waals surface area (Å²) < 4.78 is 24.8. The minimum atomic E-state index is -0.585. The van der Waals surface area contributed by atoms with E-state index in [1.807, 2.05) is 26.0 Å². The van der Waals surface area contributed by atoms with Gasteiger partial charge in [0.15, 0.2) is 0 Å². The van der Waals surface area contributed by atoms with Gasteiger partial charge >= 0.3 is 0 Å². The van der Waals surface area contributed by atoms with E-state index in [-0.39, 0.29) is 17.0 Å². The van der Waals surface area contributed by atoms with Crippen molar-refractivity contribution >= 4 is 28.8 Å². The van der Waals surface area contributed by atoms with Crippen LogP contribution in [0.5, 0.6) is 11.5 Å². The van der Waals surface area contributed by atoms with Crippen molar-refractivity contribution in [1.82, 2.24) is 0 Å². The Morgan fingerprint density at radius 3 is 2.39 bits per heavy atom. The van der Waals surface area contributed by atoms with Crippen molar-refractivity contribution in [2.24, 2.45) is 0 Å². The van der Waals surface area contributed by atoms with Crippen molar-refractivity contribution in [2.45, 2.75) is 13.8 Å². The highest BCUT2D eigenvalue weighted by Crippen LogP contribution is 2.36. The second-order valence-electron chi connectivity index (χ2n) is 7.46. The number of anilines is 2. The summed E-state index contributed by atoms with van der Waals surface area (Å²) in [5.41, 5.74) is 2.43. The van der Waals surface area contributed by atoms with E-state index in [0.717, 1.165) is 16.5 Å². The summed E-state index contributed by atoms with van der Waals surface area (Å²) in [5, 5.41) is 3.10. The van der Waals surface area contributed by atoms with E-state index < -0.39 is 17.6 Å². The molecule has 168 valence electrons. The maximum Gasteiger partial charge on any atom is 0.282 e. The van der Waals surface area contributed by atoms with Gasteiger partial charge in [-0.2, -0.15) is 0 Å². The summed E-state index contributed by atoms with van der Waals surface area (Å²) >= 11 is 0. The molecule has 0 aromatic heterocycles. The maximum absolute atomic E-state index is 13.9. The van der Waals surface area contributed by atoms with Crippen LogP contribution in [0.4, 0.5) is 15.8 Å². The molecule has 3 aromatic carbocycles. The van der Waals surface area contributed by atoms with Gasteiger partial charge in [0.1, 0.15) is 23.0 Å². The first-order chi connectivity index (χ1) is 15.9. The Morgan fingerprint density at radius 2 is 1.73 bits per heavy atom. The molecule has 0 bridgehead atoms. The SMILES string of the molecule is CCOc1ccc(C2=C(Nc3cc(C)ccc3OC)C(=O)N(c3cccc(F)c3)C2=O)cc1. The molecule has 0 unspecified atom stereocenters. The molecule has 1 heterocycles. The van der Waals surface area contributed by atoms with E-state index in [2.05, 4.69) is 5.32 Å². The lowest BCUT2D eigenvalue weighted by Gasteiger charge is -2.16. The molecule has 0 aliphatic carbocycles. The molecule has 3 aromatic rings. The third-order valence-corrected chi connectivity index (χ3v) is 5.22. The number of carbonyl (C=O) groups excluding carboxylic acids is 2. The molecule has 0 spiro atoms. The van der Waals surface area contributed by atoms with Crippen LogP contribution in [0, 0.1) is 12.7 Å². The predicted octanol–water partition coefficient (Wildman–Crippen LogP) is 4.94. The molecule has 0 fully saturated rings. The fourth-order valence-corrected chi connectivity index (χ4v) is 3.70. The Bertz CT molecular complexity index is 1250. The number of methoxy groups -OCH3 is 1. The normalized spacial score (nSPS) is 13.5. The summed E-state index contributed by atoms with van der Waals surface area (Å²) in [6, 6.07) is 17.8. The third kappa shape index (κ3) is 4.30. The van der Waals surface area contributed by atoms with Gasteiger partial charge in [-0.1, -0.05) is 24.3 Å². The van der Waals surface area contributed by atoms with Crippen LogP contribution >= 0.6 is 0 Å². The number of aryl methyl sites for hydroxylation is 1. The zero-order valence-corrected chi connectivity index (χ0v) is 18.5. The second kappa shape index (κ2) is 9.16. The van der Waals surface area contributed by atoms with E-state index in [4.69, 9.17) is 9.47 Å². The Kier molecular flexibility index (Phi) is 6.13. The summed E-state index contributed by atoms with van der Waals surface area (Å²) in [6.07, 6.45) is 0. The second-order valence-corrected chi connectivity index (χ2v) is 7.46. The molecule has 6 nitrogen and oxygen atoms in total.